The molecule has 1 unspecified atom stereocenters. The molecule has 1 aromatic carbocycles. The molecule has 1 atom stereocenters. The van der Waals surface area contributed by atoms with Crippen molar-refractivity contribution in [2.45, 2.75) is 25.7 Å². The molecular formula is C13H15F2N2OSi. The van der Waals surface area contributed by atoms with Crippen LogP contribution in [0.5, 0.6) is 0 Å². The summed E-state index contributed by atoms with van der Waals surface area (Å²) in [6.07, 6.45) is 3.51. The summed E-state index contributed by atoms with van der Waals surface area (Å²) in [6.45, 7) is 6.14. The van der Waals surface area contributed by atoms with Crippen molar-refractivity contribution in [1.82, 2.24) is 9.97 Å². The number of hydrogen-bond donors (Lipinski definition) is 2. The van der Waals surface area contributed by atoms with Gasteiger partial charge < -0.3 is 9.97 Å². The maximum Gasteiger partial charge on any atom is 0.221 e. The van der Waals surface area contributed by atoms with Crippen molar-refractivity contribution in [3.05, 3.63) is 35.5 Å². The molecule has 0 aliphatic heterocycles. The Hall–Kier alpha value is -1.53. The molecule has 0 saturated carbocycles. The monoisotopic (exact) mass is 281 g/mol. The van der Waals surface area contributed by atoms with Crippen LogP contribution in [0.4, 0.5) is 8.78 Å². The van der Waals surface area contributed by atoms with E-state index < -0.39 is 25.9 Å². The van der Waals surface area contributed by atoms with Gasteiger partial charge in [-0.25, -0.2) is 8.78 Å². The number of aromatic nitrogens is 1. The van der Waals surface area contributed by atoms with Crippen LogP contribution < -0.4 is 4.98 Å². The third-order valence-electron chi connectivity index (χ3n) is 2.76. The van der Waals surface area contributed by atoms with Crippen molar-refractivity contribution in [1.29, 1.82) is 0 Å². The molecule has 3 nitrogen and oxygen atoms in total. The molecule has 0 spiro atoms. The maximum absolute atomic E-state index is 13.3. The van der Waals surface area contributed by atoms with Gasteiger partial charge in [0, 0.05) is 28.7 Å². The summed E-state index contributed by atoms with van der Waals surface area (Å²) >= 11 is 0. The molecule has 1 radical (unpaired) electrons. The average Bonchev–Trinajstić information content (AvgIpc) is 2.68. The van der Waals surface area contributed by atoms with E-state index in [4.69, 9.17) is 0 Å². The number of carbonyl (C=O) groups excluding carboxylic acids is 1. The molecule has 0 amide bonds. The van der Waals surface area contributed by atoms with Gasteiger partial charge in [-0.15, -0.1) is 0 Å². The summed E-state index contributed by atoms with van der Waals surface area (Å²) < 4.78 is 26.4. The SMILES string of the molecule is C[Si](C)(C)NC([C]=O)c1c[nH]c2cc(F)c(F)cc12. The Labute approximate surface area is 111 Å². The lowest BCUT2D eigenvalue weighted by molar-refractivity contribution is 0.510. The zero-order chi connectivity index (χ0) is 14.2. The standard InChI is InChI=1S/C13H15F2N2OSi/c1-19(2,3)17-13(7-18)9-6-16-12-5-11(15)10(14)4-8(9)12/h4-6,13,16-17H,1-3H3. The van der Waals surface area contributed by atoms with Gasteiger partial charge in [-0.2, -0.15) is 0 Å². The third kappa shape index (κ3) is 2.90. The summed E-state index contributed by atoms with van der Waals surface area (Å²) in [7, 11) is -1.70. The van der Waals surface area contributed by atoms with Crippen molar-refractivity contribution in [3.8, 4) is 0 Å². The second kappa shape index (κ2) is 4.86. The third-order valence-corrected chi connectivity index (χ3v) is 3.92. The lowest BCUT2D eigenvalue weighted by atomic mass is 10.1. The van der Waals surface area contributed by atoms with Crippen LogP contribution in [-0.2, 0) is 4.79 Å². The maximum atomic E-state index is 13.3. The molecule has 1 heterocycles. The Morgan fingerprint density at radius 2 is 1.89 bits per heavy atom. The number of benzene rings is 1. The Morgan fingerprint density at radius 1 is 1.26 bits per heavy atom. The first-order chi connectivity index (χ1) is 8.81. The first kappa shape index (κ1) is 13.9. The van der Waals surface area contributed by atoms with Gasteiger partial charge in [0.2, 0.25) is 6.29 Å². The fraction of sp³-hybridized carbons (Fsp3) is 0.308. The average molecular weight is 281 g/mol. The van der Waals surface area contributed by atoms with E-state index in [1.807, 2.05) is 25.9 Å². The van der Waals surface area contributed by atoms with E-state index in [1.165, 1.54) is 0 Å². The van der Waals surface area contributed by atoms with Gasteiger partial charge in [0.1, 0.15) is 8.24 Å². The van der Waals surface area contributed by atoms with E-state index in [2.05, 4.69) is 9.97 Å². The van der Waals surface area contributed by atoms with Crippen LogP contribution in [0.25, 0.3) is 10.9 Å². The second-order valence-corrected chi connectivity index (χ2v) is 10.3. The van der Waals surface area contributed by atoms with E-state index >= 15 is 0 Å². The fourth-order valence-corrected chi connectivity index (χ4v) is 3.06. The van der Waals surface area contributed by atoms with Gasteiger partial charge in [-0.05, 0) is 6.07 Å². The van der Waals surface area contributed by atoms with E-state index in [9.17, 15) is 13.6 Å². The highest BCUT2D eigenvalue weighted by Gasteiger charge is 2.23. The lowest BCUT2D eigenvalue weighted by Crippen LogP contribution is -2.44. The lowest BCUT2D eigenvalue weighted by Gasteiger charge is -2.22. The summed E-state index contributed by atoms with van der Waals surface area (Å²) in [5.41, 5.74) is 1.05. The summed E-state index contributed by atoms with van der Waals surface area (Å²) in [6, 6.07) is 1.56. The van der Waals surface area contributed by atoms with Crippen LogP contribution in [0.3, 0.4) is 0 Å². The molecule has 101 valence electrons. The Balaban J connectivity index is 2.49. The number of nitrogens with one attached hydrogen (secondary N) is 2. The van der Waals surface area contributed by atoms with Crippen molar-refractivity contribution in [2.75, 3.05) is 0 Å². The molecule has 0 saturated heterocycles. The first-order valence-electron chi connectivity index (χ1n) is 5.93. The van der Waals surface area contributed by atoms with Crippen LogP contribution in [0.15, 0.2) is 18.3 Å². The zero-order valence-electron chi connectivity index (χ0n) is 11.0. The Kier molecular flexibility index (Phi) is 3.55. The van der Waals surface area contributed by atoms with Crippen molar-refractivity contribution >= 4 is 25.4 Å². The largest absolute Gasteiger partial charge is 0.361 e. The van der Waals surface area contributed by atoms with Gasteiger partial charge in [0.25, 0.3) is 0 Å². The zero-order valence-corrected chi connectivity index (χ0v) is 12.0. The van der Waals surface area contributed by atoms with Gasteiger partial charge in [-0.3, -0.25) is 4.79 Å². The van der Waals surface area contributed by atoms with Crippen LogP contribution in [0.1, 0.15) is 11.6 Å². The number of H-pyrrole nitrogens is 1. The number of fused-ring (bicyclic) bond motifs is 1. The highest BCUT2D eigenvalue weighted by atomic mass is 28.3. The van der Waals surface area contributed by atoms with Gasteiger partial charge in [0.15, 0.2) is 11.6 Å². The molecule has 19 heavy (non-hydrogen) atoms. The molecule has 1 aromatic heterocycles. The minimum atomic E-state index is -1.70. The number of halogens is 2. The predicted molar refractivity (Wildman–Crippen MR) is 73.1 cm³/mol. The molecule has 0 aliphatic rings. The van der Waals surface area contributed by atoms with Gasteiger partial charge >= 0.3 is 0 Å². The van der Waals surface area contributed by atoms with Crippen molar-refractivity contribution in [3.63, 3.8) is 0 Å². The quantitative estimate of drug-likeness (QED) is 0.846. The normalized spacial score (nSPS) is 13.7. The summed E-state index contributed by atoms with van der Waals surface area (Å²) in [4.78, 5) is 17.2. The van der Waals surface area contributed by atoms with E-state index in [1.54, 1.807) is 6.20 Å². The van der Waals surface area contributed by atoms with E-state index in [0.29, 0.717) is 16.5 Å². The van der Waals surface area contributed by atoms with Crippen LogP contribution in [0, 0.1) is 11.6 Å². The van der Waals surface area contributed by atoms with Gasteiger partial charge in [0.05, 0.1) is 6.04 Å². The highest BCUT2D eigenvalue weighted by Crippen LogP contribution is 2.26. The van der Waals surface area contributed by atoms with Gasteiger partial charge in [-0.1, -0.05) is 19.6 Å². The molecule has 0 fully saturated rings. The Bertz CT molecular complexity index is 619. The number of aromatic amines is 1. The number of rotatable bonds is 4. The molecule has 2 N–H and O–H groups in total. The topological polar surface area (TPSA) is 44.9 Å². The Morgan fingerprint density at radius 3 is 2.47 bits per heavy atom. The van der Waals surface area contributed by atoms with Crippen molar-refractivity contribution in [2.24, 2.45) is 0 Å². The minimum absolute atomic E-state index is 0.464. The first-order valence-corrected chi connectivity index (χ1v) is 9.43. The van der Waals surface area contributed by atoms with Crippen LogP contribution >= 0.6 is 0 Å². The van der Waals surface area contributed by atoms with E-state index in [0.717, 1.165) is 12.1 Å². The summed E-state index contributed by atoms with van der Waals surface area (Å²) in [5.74, 6) is -1.84. The predicted octanol–water partition coefficient (Wildman–Crippen LogP) is 3.02. The number of hydrogen-bond acceptors (Lipinski definition) is 2. The van der Waals surface area contributed by atoms with Crippen molar-refractivity contribution < 1.29 is 13.6 Å². The second-order valence-electron chi connectivity index (χ2n) is 5.50. The fourth-order valence-electron chi connectivity index (χ4n) is 1.98. The molecule has 0 bridgehead atoms. The molecule has 2 aromatic rings. The van der Waals surface area contributed by atoms with Crippen LogP contribution in [0.2, 0.25) is 19.6 Å². The summed E-state index contributed by atoms with van der Waals surface area (Å²) in [5, 5.41) is 0.498. The highest BCUT2D eigenvalue weighted by molar-refractivity contribution is 6.73. The minimum Gasteiger partial charge on any atom is -0.361 e. The smallest absolute Gasteiger partial charge is 0.221 e. The van der Waals surface area contributed by atoms with Crippen LogP contribution in [-0.4, -0.2) is 19.5 Å². The molecular weight excluding hydrogens is 266 g/mol. The molecule has 6 heteroatoms. The molecule has 2 rings (SSSR count). The van der Waals surface area contributed by atoms with E-state index in [-0.39, 0.29) is 0 Å². The molecule has 0 aliphatic carbocycles.